The predicted octanol–water partition coefficient (Wildman–Crippen LogP) is 1.26. The topological polar surface area (TPSA) is 146 Å². The molecule has 0 aliphatic heterocycles. The number of aliphatic hydroxyl groups excluding tert-OH is 2. The van der Waals surface area contributed by atoms with Gasteiger partial charge in [0.25, 0.3) is 5.91 Å². The van der Waals surface area contributed by atoms with Crippen LogP contribution in [-0.2, 0) is 9.84 Å². The number of sulfone groups is 1. The molecule has 31 heavy (non-hydrogen) atoms. The molecule has 0 fully saturated rings. The van der Waals surface area contributed by atoms with E-state index >= 15 is 0 Å². The van der Waals surface area contributed by atoms with Crippen LogP contribution < -0.4 is 11.1 Å². The van der Waals surface area contributed by atoms with Crippen LogP contribution in [0.2, 0.25) is 0 Å². The van der Waals surface area contributed by atoms with Gasteiger partial charge in [0.05, 0.1) is 28.4 Å². The number of aromatic nitrogens is 1. The molecule has 2 unspecified atom stereocenters. The number of aryl methyl sites for hydroxylation is 2. The molecule has 166 valence electrons. The number of hydrogen-bond acceptors (Lipinski definition) is 6. The minimum atomic E-state index is -4.50. The Morgan fingerprint density at radius 1 is 1.19 bits per heavy atom. The third kappa shape index (κ3) is 4.17. The van der Waals surface area contributed by atoms with Crippen molar-refractivity contribution in [2.24, 2.45) is 5.73 Å². The fraction of sp³-hybridized carbons (Fsp3) is 0.250. The highest BCUT2D eigenvalue weighted by molar-refractivity contribution is 7.91. The molecule has 2 atom stereocenters. The van der Waals surface area contributed by atoms with Crippen LogP contribution in [0.5, 0.6) is 0 Å². The lowest BCUT2D eigenvalue weighted by Gasteiger charge is -2.18. The van der Waals surface area contributed by atoms with Crippen LogP contribution in [0, 0.1) is 25.5 Å². The fourth-order valence-corrected chi connectivity index (χ4v) is 5.11. The molecule has 0 saturated carbocycles. The Hall–Kier alpha value is -2.86. The number of amides is 1. The highest BCUT2D eigenvalue weighted by Crippen LogP contribution is 2.35. The summed E-state index contributed by atoms with van der Waals surface area (Å²) in [6, 6.07) is 5.00. The lowest BCUT2D eigenvalue weighted by molar-refractivity contribution is 0.0719. The molecular formula is C20H21F2N3O5S. The smallest absolute Gasteiger partial charge is 0.269 e. The van der Waals surface area contributed by atoms with E-state index in [1.165, 1.54) is 12.1 Å². The van der Waals surface area contributed by atoms with Crippen LogP contribution in [0.1, 0.15) is 21.6 Å². The molecule has 1 heterocycles. The van der Waals surface area contributed by atoms with Gasteiger partial charge in [-0.25, -0.2) is 17.2 Å². The molecule has 3 aromatic rings. The number of nitrogens with one attached hydrogen (secondary N) is 2. The summed E-state index contributed by atoms with van der Waals surface area (Å²) in [4.78, 5) is 14.4. The maximum Gasteiger partial charge on any atom is 0.269 e. The molecule has 1 amide bonds. The third-order valence-corrected chi connectivity index (χ3v) is 6.54. The SMILES string of the molecule is Cc1cc(C)cc(S(=O)(=O)c2c(C(=O)NC(CO)C(N)O)[nH]c3ccc(F)c(F)c23)c1. The van der Waals surface area contributed by atoms with E-state index in [-0.39, 0.29) is 10.4 Å². The number of fused-ring (bicyclic) bond motifs is 1. The van der Waals surface area contributed by atoms with Crippen molar-refractivity contribution in [3.63, 3.8) is 0 Å². The summed E-state index contributed by atoms with van der Waals surface area (Å²) >= 11 is 0. The summed E-state index contributed by atoms with van der Waals surface area (Å²) in [5.41, 5.74) is 5.80. The molecule has 0 bridgehead atoms. The van der Waals surface area contributed by atoms with Crippen molar-refractivity contribution >= 4 is 26.6 Å². The first kappa shape index (κ1) is 22.8. The molecular weight excluding hydrogens is 432 g/mol. The number of hydrogen-bond donors (Lipinski definition) is 5. The van der Waals surface area contributed by atoms with Crippen molar-refractivity contribution < 1.29 is 32.2 Å². The number of halogens is 2. The summed E-state index contributed by atoms with van der Waals surface area (Å²) in [6.07, 6.45) is -1.65. The molecule has 3 rings (SSSR count). The lowest BCUT2D eigenvalue weighted by Crippen LogP contribution is -2.50. The number of nitrogens with two attached hydrogens (primary N) is 1. The maximum atomic E-state index is 14.7. The normalized spacial score (nSPS) is 13.9. The minimum absolute atomic E-state index is 0.124. The van der Waals surface area contributed by atoms with E-state index in [0.29, 0.717) is 11.1 Å². The first-order valence-corrected chi connectivity index (χ1v) is 10.6. The van der Waals surface area contributed by atoms with E-state index < -0.39 is 62.2 Å². The number of benzene rings is 2. The quantitative estimate of drug-likeness (QED) is 0.355. The summed E-state index contributed by atoms with van der Waals surface area (Å²) in [6.45, 7) is 2.60. The highest BCUT2D eigenvalue weighted by atomic mass is 32.2. The van der Waals surface area contributed by atoms with Gasteiger partial charge in [-0.2, -0.15) is 0 Å². The van der Waals surface area contributed by atoms with Crippen molar-refractivity contribution in [1.82, 2.24) is 10.3 Å². The summed E-state index contributed by atoms with van der Waals surface area (Å²) < 4.78 is 55.6. The molecule has 0 spiro atoms. The van der Waals surface area contributed by atoms with E-state index in [2.05, 4.69) is 10.3 Å². The average molecular weight is 453 g/mol. The summed E-state index contributed by atoms with van der Waals surface area (Å²) in [5, 5.41) is 20.3. The molecule has 0 aliphatic carbocycles. The number of aromatic amines is 1. The second-order valence-corrected chi connectivity index (χ2v) is 9.08. The Labute approximate surface area is 176 Å². The Morgan fingerprint density at radius 3 is 2.35 bits per heavy atom. The van der Waals surface area contributed by atoms with Gasteiger partial charge < -0.3 is 26.2 Å². The molecule has 0 aliphatic rings. The Morgan fingerprint density at radius 2 is 1.81 bits per heavy atom. The van der Waals surface area contributed by atoms with Crippen LogP contribution in [0.4, 0.5) is 8.78 Å². The second-order valence-electron chi connectivity index (χ2n) is 7.19. The molecule has 0 radical (unpaired) electrons. The predicted molar refractivity (Wildman–Crippen MR) is 108 cm³/mol. The van der Waals surface area contributed by atoms with Gasteiger partial charge in [0.15, 0.2) is 11.6 Å². The molecule has 1 aromatic heterocycles. The van der Waals surface area contributed by atoms with Gasteiger partial charge in [0.1, 0.15) is 16.8 Å². The molecule has 11 heteroatoms. The lowest BCUT2D eigenvalue weighted by atomic mass is 10.2. The summed E-state index contributed by atoms with van der Waals surface area (Å²) in [5.74, 6) is -3.81. The van der Waals surface area contributed by atoms with Gasteiger partial charge in [-0.15, -0.1) is 0 Å². The second kappa shape index (κ2) is 8.35. The largest absolute Gasteiger partial charge is 0.394 e. The number of carbonyl (C=O) groups excluding carboxylic acids is 1. The molecule has 6 N–H and O–H groups in total. The van der Waals surface area contributed by atoms with E-state index in [4.69, 9.17) is 5.73 Å². The van der Waals surface area contributed by atoms with E-state index in [9.17, 15) is 32.2 Å². The van der Waals surface area contributed by atoms with Crippen LogP contribution in [-0.4, -0.2) is 48.4 Å². The summed E-state index contributed by atoms with van der Waals surface area (Å²) in [7, 11) is -4.50. The van der Waals surface area contributed by atoms with Crippen LogP contribution in [0.15, 0.2) is 40.1 Å². The van der Waals surface area contributed by atoms with Crippen LogP contribution in [0.25, 0.3) is 10.9 Å². The van der Waals surface area contributed by atoms with Gasteiger partial charge in [0, 0.05) is 0 Å². The zero-order valence-corrected chi connectivity index (χ0v) is 17.4. The standard InChI is InChI=1S/C20H21F2N3O5S/c1-9-5-10(2)7-11(6-9)31(29,30)18-15-13(4-3-12(21)16(15)22)24-17(18)20(28)25-14(8-26)19(23)27/h3-7,14,19,24,26-27H,8,23H2,1-2H3,(H,25,28). The van der Waals surface area contributed by atoms with Gasteiger partial charge in [-0.05, 0) is 49.2 Å². The number of rotatable bonds is 6. The molecule has 8 nitrogen and oxygen atoms in total. The number of H-pyrrole nitrogens is 1. The Bertz CT molecular complexity index is 1250. The monoisotopic (exact) mass is 453 g/mol. The number of carbonyl (C=O) groups is 1. The van der Waals surface area contributed by atoms with E-state index in [1.54, 1.807) is 19.9 Å². The van der Waals surface area contributed by atoms with Crippen molar-refractivity contribution in [2.45, 2.75) is 35.9 Å². The van der Waals surface area contributed by atoms with E-state index in [0.717, 1.165) is 12.1 Å². The van der Waals surface area contributed by atoms with Gasteiger partial charge >= 0.3 is 0 Å². The Kier molecular flexibility index (Phi) is 6.14. The zero-order chi connectivity index (χ0) is 23.1. The molecule has 0 saturated heterocycles. The highest BCUT2D eigenvalue weighted by Gasteiger charge is 2.33. The maximum absolute atomic E-state index is 14.7. The van der Waals surface area contributed by atoms with Crippen LogP contribution >= 0.6 is 0 Å². The first-order valence-electron chi connectivity index (χ1n) is 9.15. The Balaban J connectivity index is 2.31. The average Bonchev–Trinajstić information content (AvgIpc) is 3.09. The third-order valence-electron chi connectivity index (χ3n) is 4.74. The van der Waals surface area contributed by atoms with Gasteiger partial charge in [-0.3, -0.25) is 4.79 Å². The molecule has 2 aromatic carbocycles. The van der Waals surface area contributed by atoms with Crippen molar-refractivity contribution in [3.8, 4) is 0 Å². The first-order chi connectivity index (χ1) is 14.5. The number of aliphatic hydroxyl groups is 2. The zero-order valence-electron chi connectivity index (χ0n) is 16.6. The minimum Gasteiger partial charge on any atom is -0.394 e. The van der Waals surface area contributed by atoms with Crippen molar-refractivity contribution in [3.05, 3.63) is 58.8 Å². The van der Waals surface area contributed by atoms with Gasteiger partial charge in [0.2, 0.25) is 9.84 Å². The van der Waals surface area contributed by atoms with E-state index in [1.807, 2.05) is 0 Å². The van der Waals surface area contributed by atoms with Gasteiger partial charge in [-0.1, -0.05) is 6.07 Å². The van der Waals surface area contributed by atoms with Crippen molar-refractivity contribution in [1.29, 1.82) is 0 Å². The van der Waals surface area contributed by atoms with Crippen LogP contribution in [0.3, 0.4) is 0 Å². The van der Waals surface area contributed by atoms with Crippen molar-refractivity contribution in [2.75, 3.05) is 6.61 Å². The fourth-order valence-electron chi connectivity index (χ4n) is 3.31.